The summed E-state index contributed by atoms with van der Waals surface area (Å²) in [7, 11) is -2.98. The Balaban J connectivity index is 1.27. The Kier molecular flexibility index (Phi) is 5.07. The lowest BCUT2D eigenvalue weighted by molar-refractivity contribution is 0.0736. The van der Waals surface area contributed by atoms with Crippen molar-refractivity contribution in [2.75, 3.05) is 42.6 Å². The number of furan rings is 1. The minimum Gasteiger partial charge on any atom is -0.461 e. The van der Waals surface area contributed by atoms with Crippen LogP contribution in [0.4, 0.5) is 5.69 Å². The molecule has 2 aliphatic rings. The number of aromatic nitrogens is 3. The van der Waals surface area contributed by atoms with Crippen molar-refractivity contribution in [1.29, 1.82) is 0 Å². The number of carbonyl (C=O) groups is 1. The molecule has 32 heavy (non-hydrogen) atoms. The Morgan fingerprint density at radius 1 is 1.16 bits per heavy atom. The fraction of sp³-hybridized carbons (Fsp3) is 0.476. The lowest BCUT2D eigenvalue weighted by Gasteiger charge is -2.36. The van der Waals surface area contributed by atoms with Crippen molar-refractivity contribution < 1.29 is 22.2 Å². The first kappa shape index (κ1) is 20.8. The average molecular weight is 460 g/mol. The maximum atomic E-state index is 12.9. The van der Waals surface area contributed by atoms with Gasteiger partial charge in [-0.1, -0.05) is 5.16 Å². The summed E-state index contributed by atoms with van der Waals surface area (Å²) >= 11 is 0. The second kappa shape index (κ2) is 7.80. The van der Waals surface area contributed by atoms with Crippen LogP contribution in [0.1, 0.15) is 34.3 Å². The molecular weight excluding hydrogens is 434 g/mol. The van der Waals surface area contributed by atoms with Gasteiger partial charge in [0.2, 0.25) is 5.76 Å². The molecule has 1 unspecified atom stereocenters. The lowest BCUT2D eigenvalue weighted by Crippen LogP contribution is -2.49. The fourth-order valence-corrected chi connectivity index (χ4v) is 6.33. The number of amides is 1. The summed E-state index contributed by atoms with van der Waals surface area (Å²) in [4.78, 5) is 16.9. The standard InChI is InChI=1S/C21H25N5O5S/c1-14-20(15(2)26(22-14)16-5-11-32(28,29)13-16)24-6-8-25(9-7-24)21(27)17-12-19(31-23-17)18-4-3-10-30-18/h3-4,10,12,16H,5-9,11,13H2,1-2H3. The third kappa shape index (κ3) is 3.70. The number of aryl methyl sites for hydroxylation is 1. The van der Waals surface area contributed by atoms with Crippen LogP contribution in [0.5, 0.6) is 0 Å². The second-order valence-corrected chi connectivity index (χ2v) is 10.6. The highest BCUT2D eigenvalue weighted by atomic mass is 32.2. The summed E-state index contributed by atoms with van der Waals surface area (Å²) in [6.07, 6.45) is 2.14. The summed E-state index contributed by atoms with van der Waals surface area (Å²) in [5.41, 5.74) is 3.14. The Bertz CT molecular complexity index is 1240. The highest BCUT2D eigenvalue weighted by Crippen LogP contribution is 2.32. The van der Waals surface area contributed by atoms with Gasteiger partial charge in [0, 0.05) is 32.2 Å². The van der Waals surface area contributed by atoms with Crippen LogP contribution in [0.25, 0.3) is 11.5 Å². The summed E-state index contributed by atoms with van der Waals surface area (Å²) in [5.74, 6) is 1.14. The molecular formula is C21H25N5O5S. The van der Waals surface area contributed by atoms with Crippen LogP contribution >= 0.6 is 0 Å². The highest BCUT2D eigenvalue weighted by Gasteiger charge is 2.33. The Morgan fingerprint density at radius 2 is 1.94 bits per heavy atom. The van der Waals surface area contributed by atoms with E-state index in [-0.39, 0.29) is 29.1 Å². The van der Waals surface area contributed by atoms with Crippen molar-refractivity contribution in [2.45, 2.75) is 26.3 Å². The van der Waals surface area contributed by atoms with Crippen molar-refractivity contribution in [1.82, 2.24) is 19.8 Å². The van der Waals surface area contributed by atoms with Crippen LogP contribution in [0, 0.1) is 13.8 Å². The van der Waals surface area contributed by atoms with Gasteiger partial charge in [0.05, 0.1) is 40.9 Å². The van der Waals surface area contributed by atoms with Gasteiger partial charge in [-0.2, -0.15) is 5.10 Å². The number of hydrogen-bond acceptors (Lipinski definition) is 8. The van der Waals surface area contributed by atoms with E-state index in [1.54, 1.807) is 23.1 Å². The monoisotopic (exact) mass is 459 g/mol. The van der Waals surface area contributed by atoms with E-state index in [0.29, 0.717) is 44.1 Å². The molecule has 5 heterocycles. The molecule has 170 valence electrons. The minimum atomic E-state index is -2.98. The van der Waals surface area contributed by atoms with Crippen LogP contribution in [-0.4, -0.2) is 71.8 Å². The smallest absolute Gasteiger partial charge is 0.276 e. The minimum absolute atomic E-state index is 0.106. The van der Waals surface area contributed by atoms with Gasteiger partial charge in [-0.05, 0) is 32.4 Å². The molecule has 0 aromatic carbocycles. The normalized spacial score (nSPS) is 20.8. The molecule has 0 spiro atoms. The van der Waals surface area contributed by atoms with E-state index in [1.807, 2.05) is 18.5 Å². The topological polar surface area (TPSA) is 115 Å². The van der Waals surface area contributed by atoms with Gasteiger partial charge in [-0.15, -0.1) is 0 Å². The summed E-state index contributed by atoms with van der Waals surface area (Å²) < 4.78 is 36.2. The van der Waals surface area contributed by atoms with Gasteiger partial charge < -0.3 is 18.7 Å². The van der Waals surface area contributed by atoms with Crippen LogP contribution in [-0.2, 0) is 9.84 Å². The molecule has 10 nitrogen and oxygen atoms in total. The molecule has 0 bridgehead atoms. The van der Waals surface area contributed by atoms with E-state index in [1.165, 1.54) is 6.26 Å². The lowest BCUT2D eigenvalue weighted by atomic mass is 10.2. The maximum Gasteiger partial charge on any atom is 0.276 e. The quantitative estimate of drug-likeness (QED) is 0.582. The molecule has 3 aromatic rings. The predicted octanol–water partition coefficient (Wildman–Crippen LogP) is 2.07. The Labute approximate surface area is 185 Å². The zero-order valence-electron chi connectivity index (χ0n) is 18.0. The molecule has 3 aromatic heterocycles. The first-order valence-electron chi connectivity index (χ1n) is 10.6. The summed E-state index contributed by atoms with van der Waals surface area (Å²) in [5, 5.41) is 8.57. The largest absolute Gasteiger partial charge is 0.461 e. The van der Waals surface area contributed by atoms with Crippen LogP contribution in [0.2, 0.25) is 0 Å². The van der Waals surface area contributed by atoms with Gasteiger partial charge in [0.1, 0.15) is 0 Å². The van der Waals surface area contributed by atoms with Gasteiger partial charge in [-0.25, -0.2) is 8.42 Å². The molecule has 2 aliphatic heterocycles. The number of piperazine rings is 1. The molecule has 5 rings (SSSR count). The van der Waals surface area contributed by atoms with Gasteiger partial charge in [0.15, 0.2) is 21.3 Å². The molecule has 0 aliphatic carbocycles. The van der Waals surface area contributed by atoms with Gasteiger partial charge in [-0.3, -0.25) is 9.48 Å². The SMILES string of the molecule is Cc1nn(C2CCS(=O)(=O)C2)c(C)c1N1CCN(C(=O)c2cc(-c3ccco3)on2)CC1. The average Bonchev–Trinajstić information content (AvgIpc) is 3.55. The molecule has 11 heteroatoms. The van der Waals surface area contributed by atoms with Gasteiger partial charge >= 0.3 is 0 Å². The van der Waals surface area contributed by atoms with E-state index in [9.17, 15) is 13.2 Å². The maximum absolute atomic E-state index is 12.9. The molecule has 2 fully saturated rings. The van der Waals surface area contributed by atoms with E-state index < -0.39 is 9.84 Å². The summed E-state index contributed by atoms with van der Waals surface area (Å²) in [6, 6.07) is 4.99. The van der Waals surface area contributed by atoms with Crippen molar-refractivity contribution in [3.8, 4) is 11.5 Å². The third-order valence-corrected chi connectivity index (χ3v) is 7.97. The van der Waals surface area contributed by atoms with Crippen LogP contribution < -0.4 is 4.90 Å². The first-order chi connectivity index (χ1) is 15.3. The second-order valence-electron chi connectivity index (χ2n) is 8.35. The first-order valence-corrected chi connectivity index (χ1v) is 12.5. The highest BCUT2D eigenvalue weighted by molar-refractivity contribution is 7.91. The molecule has 0 N–H and O–H groups in total. The third-order valence-electron chi connectivity index (χ3n) is 6.22. The molecule has 0 radical (unpaired) electrons. The van der Waals surface area contributed by atoms with Crippen molar-refractivity contribution in [3.63, 3.8) is 0 Å². The number of nitrogens with zero attached hydrogens (tertiary/aromatic N) is 5. The molecule has 0 saturated carbocycles. The van der Waals surface area contributed by atoms with Crippen molar-refractivity contribution in [2.24, 2.45) is 0 Å². The molecule has 2 saturated heterocycles. The van der Waals surface area contributed by atoms with Crippen LogP contribution in [0.15, 0.2) is 33.4 Å². The van der Waals surface area contributed by atoms with E-state index in [0.717, 1.165) is 17.1 Å². The number of rotatable bonds is 4. The van der Waals surface area contributed by atoms with E-state index in [4.69, 9.17) is 8.94 Å². The molecule has 1 amide bonds. The zero-order chi connectivity index (χ0) is 22.5. The number of carbonyl (C=O) groups excluding carboxylic acids is 1. The van der Waals surface area contributed by atoms with Crippen molar-refractivity contribution in [3.05, 3.63) is 41.5 Å². The van der Waals surface area contributed by atoms with Gasteiger partial charge in [0.25, 0.3) is 5.91 Å². The van der Waals surface area contributed by atoms with E-state index in [2.05, 4.69) is 15.2 Å². The number of hydrogen-bond donors (Lipinski definition) is 0. The Morgan fingerprint density at radius 3 is 2.59 bits per heavy atom. The summed E-state index contributed by atoms with van der Waals surface area (Å²) in [6.45, 7) is 6.35. The number of sulfone groups is 1. The van der Waals surface area contributed by atoms with E-state index >= 15 is 0 Å². The number of anilines is 1. The molecule has 1 atom stereocenters. The van der Waals surface area contributed by atoms with Crippen molar-refractivity contribution >= 4 is 21.4 Å². The van der Waals surface area contributed by atoms with Crippen LogP contribution in [0.3, 0.4) is 0 Å². The Hall–Kier alpha value is -3.08. The fourth-order valence-electron chi connectivity index (χ4n) is 4.64. The predicted molar refractivity (Wildman–Crippen MR) is 116 cm³/mol. The zero-order valence-corrected chi connectivity index (χ0v) is 18.8.